The Bertz CT molecular complexity index is 269. The summed E-state index contributed by atoms with van der Waals surface area (Å²) in [5.41, 5.74) is -0.153. The second-order valence-corrected chi connectivity index (χ2v) is 5.63. The van der Waals surface area contributed by atoms with Gasteiger partial charge in [-0.3, -0.25) is 4.79 Å². The van der Waals surface area contributed by atoms with Gasteiger partial charge in [-0.05, 0) is 40.5 Å². The van der Waals surface area contributed by atoms with Gasteiger partial charge in [-0.2, -0.15) is 5.26 Å². The highest BCUT2D eigenvalue weighted by Crippen LogP contribution is 2.28. The van der Waals surface area contributed by atoms with Crippen molar-refractivity contribution in [2.45, 2.75) is 60.0 Å². The van der Waals surface area contributed by atoms with Gasteiger partial charge in [-0.1, -0.05) is 13.8 Å². The zero-order chi connectivity index (χ0) is 15.5. The van der Waals surface area contributed by atoms with E-state index in [9.17, 15) is 4.79 Å². The maximum absolute atomic E-state index is 10.3. The number of piperidine rings is 1. The number of rotatable bonds is 1. The molecule has 0 aromatic carbocycles. The van der Waals surface area contributed by atoms with Crippen LogP contribution in [0.2, 0.25) is 0 Å². The average molecular weight is 270 g/mol. The van der Waals surface area contributed by atoms with Crippen LogP contribution in [0.3, 0.4) is 0 Å². The molecule has 0 bridgehead atoms. The Kier molecular flexibility index (Phi) is 10.4. The van der Waals surface area contributed by atoms with Crippen molar-refractivity contribution in [1.82, 2.24) is 4.90 Å². The van der Waals surface area contributed by atoms with Gasteiger partial charge in [0.25, 0.3) is 0 Å². The molecule has 0 aromatic rings. The third-order valence-electron chi connectivity index (χ3n) is 2.93. The van der Waals surface area contributed by atoms with E-state index >= 15 is 0 Å². The summed E-state index contributed by atoms with van der Waals surface area (Å²) < 4.78 is 4.94. The Morgan fingerprint density at radius 2 is 1.63 bits per heavy atom. The van der Waals surface area contributed by atoms with E-state index < -0.39 is 0 Å². The highest BCUT2D eigenvalue weighted by molar-refractivity contribution is 5.47. The predicted octanol–water partition coefficient (Wildman–Crippen LogP) is 3.23. The molecule has 1 amide bonds. The Balaban J connectivity index is 0. The van der Waals surface area contributed by atoms with Crippen molar-refractivity contribution in [1.29, 1.82) is 5.26 Å². The smallest absolute Gasteiger partial charge is 0.209 e. The Morgan fingerprint density at radius 1 is 1.26 bits per heavy atom. The summed E-state index contributed by atoms with van der Waals surface area (Å²) in [6.07, 6.45) is 2.47. The van der Waals surface area contributed by atoms with Crippen LogP contribution < -0.4 is 0 Å². The average Bonchev–Trinajstić information content (AvgIpc) is 2.42. The van der Waals surface area contributed by atoms with Crippen LogP contribution in [0.1, 0.15) is 54.4 Å². The number of nitriles is 1. The molecule has 1 rings (SSSR count). The molecule has 19 heavy (non-hydrogen) atoms. The molecular weight excluding hydrogens is 240 g/mol. The van der Waals surface area contributed by atoms with Crippen LogP contribution in [0, 0.1) is 16.7 Å². The SMILES string of the molecule is CC.CC1(C#N)CCN(C=O)CC1.COC(C)(C)C. The second-order valence-electron chi connectivity index (χ2n) is 5.63. The normalized spacial score (nSPS) is 17.1. The van der Waals surface area contributed by atoms with Crippen LogP contribution in [0.4, 0.5) is 0 Å². The number of nitrogens with zero attached hydrogens (tertiary/aromatic N) is 2. The first-order valence-corrected chi connectivity index (χ1v) is 6.92. The lowest BCUT2D eigenvalue weighted by molar-refractivity contribution is -0.119. The van der Waals surface area contributed by atoms with E-state index in [-0.39, 0.29) is 11.0 Å². The number of carbonyl (C=O) groups is 1. The molecule has 0 saturated carbocycles. The molecule has 0 atom stereocenters. The molecule has 0 radical (unpaired) electrons. The molecule has 0 spiro atoms. The van der Waals surface area contributed by atoms with Gasteiger partial charge in [0.1, 0.15) is 0 Å². The summed E-state index contributed by atoms with van der Waals surface area (Å²) >= 11 is 0. The summed E-state index contributed by atoms with van der Waals surface area (Å²) in [6, 6.07) is 2.28. The fourth-order valence-electron chi connectivity index (χ4n) is 1.23. The van der Waals surface area contributed by atoms with Crippen LogP contribution >= 0.6 is 0 Å². The molecule has 1 fully saturated rings. The Morgan fingerprint density at radius 3 is 1.84 bits per heavy atom. The molecule has 4 nitrogen and oxygen atoms in total. The molecule has 1 aliphatic rings. The number of hydrogen-bond acceptors (Lipinski definition) is 3. The van der Waals surface area contributed by atoms with Gasteiger partial charge in [-0.25, -0.2) is 0 Å². The fourth-order valence-corrected chi connectivity index (χ4v) is 1.23. The number of amides is 1. The van der Waals surface area contributed by atoms with E-state index in [0.29, 0.717) is 0 Å². The van der Waals surface area contributed by atoms with Gasteiger partial charge in [0.05, 0.1) is 17.1 Å². The van der Waals surface area contributed by atoms with Crippen molar-refractivity contribution >= 4 is 6.41 Å². The standard InChI is InChI=1S/C8H12N2O.C5H12O.C2H6/c1-8(6-9)2-4-10(7-11)5-3-8;1-5(2,3)6-4;1-2/h7H,2-5H2,1H3;1-4H3;1-2H3. The number of ether oxygens (including phenoxy) is 1. The van der Waals surface area contributed by atoms with Gasteiger partial charge in [0, 0.05) is 20.2 Å². The number of hydrogen-bond donors (Lipinski definition) is 0. The third kappa shape index (κ3) is 10.5. The van der Waals surface area contributed by atoms with Gasteiger partial charge in [0.15, 0.2) is 0 Å². The van der Waals surface area contributed by atoms with E-state index in [2.05, 4.69) is 6.07 Å². The molecule has 4 heteroatoms. The largest absolute Gasteiger partial charge is 0.379 e. The number of methoxy groups -OCH3 is 1. The fraction of sp³-hybridized carbons (Fsp3) is 0.867. The summed E-state index contributed by atoms with van der Waals surface area (Å²) in [5.74, 6) is 0. The molecule has 112 valence electrons. The van der Waals surface area contributed by atoms with Crippen LogP contribution in [0.5, 0.6) is 0 Å². The van der Waals surface area contributed by atoms with Gasteiger partial charge >= 0.3 is 0 Å². The summed E-state index contributed by atoms with van der Waals surface area (Å²) in [4.78, 5) is 12.0. The first-order valence-electron chi connectivity index (χ1n) is 6.92. The van der Waals surface area contributed by atoms with Crippen molar-refractivity contribution in [3.8, 4) is 6.07 Å². The predicted molar refractivity (Wildman–Crippen MR) is 78.7 cm³/mol. The Hall–Kier alpha value is -1.08. The second kappa shape index (κ2) is 9.80. The number of carbonyl (C=O) groups excluding carboxylic acids is 1. The molecule has 0 aromatic heterocycles. The van der Waals surface area contributed by atoms with Gasteiger partial charge in [0.2, 0.25) is 6.41 Å². The number of likely N-dealkylation sites (tertiary alicyclic amines) is 1. The summed E-state index contributed by atoms with van der Waals surface area (Å²) in [5, 5.41) is 8.75. The monoisotopic (exact) mass is 270 g/mol. The molecule has 1 heterocycles. The first-order chi connectivity index (χ1) is 8.76. The van der Waals surface area contributed by atoms with E-state index in [0.717, 1.165) is 32.3 Å². The quantitative estimate of drug-likeness (QED) is 0.687. The molecule has 0 aliphatic carbocycles. The lowest BCUT2D eigenvalue weighted by Crippen LogP contribution is -2.36. The Labute approximate surface area is 118 Å². The molecule has 1 saturated heterocycles. The summed E-state index contributed by atoms with van der Waals surface area (Å²) in [7, 11) is 1.71. The van der Waals surface area contributed by atoms with E-state index in [4.69, 9.17) is 10.00 Å². The zero-order valence-corrected chi connectivity index (χ0v) is 13.6. The van der Waals surface area contributed by atoms with Crippen molar-refractivity contribution < 1.29 is 9.53 Å². The van der Waals surface area contributed by atoms with Crippen molar-refractivity contribution in [3.05, 3.63) is 0 Å². The van der Waals surface area contributed by atoms with Crippen LogP contribution in [0.25, 0.3) is 0 Å². The third-order valence-corrected chi connectivity index (χ3v) is 2.93. The minimum absolute atomic E-state index is 0.0417. The van der Waals surface area contributed by atoms with E-state index in [1.807, 2.05) is 41.5 Å². The molecule has 1 aliphatic heterocycles. The molecular formula is C15H30N2O2. The lowest BCUT2D eigenvalue weighted by Gasteiger charge is -2.32. The van der Waals surface area contributed by atoms with Crippen LogP contribution in [0.15, 0.2) is 0 Å². The maximum Gasteiger partial charge on any atom is 0.209 e. The topological polar surface area (TPSA) is 53.3 Å². The summed E-state index contributed by atoms with van der Waals surface area (Å²) in [6.45, 7) is 13.5. The van der Waals surface area contributed by atoms with Crippen LogP contribution in [-0.4, -0.2) is 37.1 Å². The van der Waals surface area contributed by atoms with Crippen molar-refractivity contribution in [3.63, 3.8) is 0 Å². The first kappa shape index (κ1) is 20.2. The lowest BCUT2D eigenvalue weighted by atomic mass is 9.82. The molecule has 0 unspecified atom stereocenters. The van der Waals surface area contributed by atoms with Crippen molar-refractivity contribution in [2.75, 3.05) is 20.2 Å². The van der Waals surface area contributed by atoms with E-state index in [1.54, 1.807) is 12.0 Å². The minimum Gasteiger partial charge on any atom is -0.379 e. The van der Waals surface area contributed by atoms with Crippen LogP contribution in [-0.2, 0) is 9.53 Å². The van der Waals surface area contributed by atoms with E-state index in [1.165, 1.54) is 0 Å². The highest BCUT2D eigenvalue weighted by Gasteiger charge is 2.28. The van der Waals surface area contributed by atoms with Crippen molar-refractivity contribution in [2.24, 2.45) is 5.41 Å². The highest BCUT2D eigenvalue weighted by atomic mass is 16.5. The van der Waals surface area contributed by atoms with Gasteiger partial charge < -0.3 is 9.64 Å². The zero-order valence-electron chi connectivity index (χ0n) is 13.6. The molecule has 0 N–H and O–H groups in total. The maximum atomic E-state index is 10.3. The van der Waals surface area contributed by atoms with Gasteiger partial charge in [-0.15, -0.1) is 0 Å². The minimum atomic E-state index is -0.195.